The van der Waals surface area contributed by atoms with E-state index in [4.69, 9.17) is 0 Å². The van der Waals surface area contributed by atoms with E-state index in [1.165, 1.54) is 111 Å². The van der Waals surface area contributed by atoms with E-state index in [0.29, 0.717) is 0 Å². The summed E-state index contributed by atoms with van der Waals surface area (Å²) in [5.74, 6) is 0. The third kappa shape index (κ3) is 7.51. The number of nitrogens with zero attached hydrogens (tertiary/aromatic N) is 2. The van der Waals surface area contributed by atoms with Gasteiger partial charge in [-0.2, -0.15) is 0 Å². The summed E-state index contributed by atoms with van der Waals surface area (Å²) in [5, 5.41) is 5.34. The van der Waals surface area contributed by atoms with Crippen LogP contribution in [-0.4, -0.2) is 9.13 Å². The van der Waals surface area contributed by atoms with Gasteiger partial charge in [-0.25, -0.2) is 0 Å². The molecule has 334 valence electrons. The molecule has 0 aliphatic heterocycles. The Balaban J connectivity index is 1.48. The van der Waals surface area contributed by atoms with Crippen molar-refractivity contribution in [2.75, 3.05) is 0 Å². The molecule has 6 aromatic carbocycles. The van der Waals surface area contributed by atoms with Gasteiger partial charge in [0.15, 0.2) is 0 Å². The summed E-state index contributed by atoms with van der Waals surface area (Å²) >= 11 is 0. The topological polar surface area (TPSA) is 9.86 Å². The molecule has 2 nitrogen and oxygen atoms in total. The molecule has 0 aliphatic carbocycles. The molecule has 2 aromatic heterocycles. The van der Waals surface area contributed by atoms with Crippen molar-refractivity contribution in [1.82, 2.24) is 9.13 Å². The van der Waals surface area contributed by atoms with E-state index in [1.807, 2.05) is 0 Å². The number of aryl methyl sites for hydroxylation is 2. The third-order valence-electron chi connectivity index (χ3n) is 14.6. The van der Waals surface area contributed by atoms with E-state index in [-0.39, 0.29) is 32.5 Å². The van der Waals surface area contributed by atoms with Crippen molar-refractivity contribution in [2.24, 2.45) is 0 Å². The van der Waals surface area contributed by atoms with Gasteiger partial charge in [-0.3, -0.25) is 0 Å². The SMILES string of the molecule is Cc1ccc2c(c1C(C)(C)c1cc(C(C)(C)C)cc(-n3c4ccc(C(C)(C)C)cc4c4cc(C(C)(C)C)cc(C)c43)c1C)c1cc(C(C)(C)C)ccc1n2-c1ccc(C(C)(C)C)cc1. The number of benzene rings is 6. The zero-order valence-corrected chi connectivity index (χ0v) is 43.1. The Hall–Kier alpha value is -5.08. The van der Waals surface area contributed by atoms with E-state index in [1.54, 1.807) is 0 Å². The molecule has 0 saturated heterocycles. The molecule has 0 unspecified atom stereocenters. The van der Waals surface area contributed by atoms with Crippen LogP contribution in [0.25, 0.3) is 55.0 Å². The smallest absolute Gasteiger partial charge is 0.0570 e. The molecule has 0 radical (unpaired) electrons. The van der Waals surface area contributed by atoms with Crippen molar-refractivity contribution in [3.8, 4) is 11.4 Å². The average molecular weight is 849 g/mol. The average Bonchev–Trinajstić information content (AvgIpc) is 3.68. The van der Waals surface area contributed by atoms with Gasteiger partial charge in [-0.1, -0.05) is 160 Å². The van der Waals surface area contributed by atoms with Gasteiger partial charge in [-0.05, 0) is 158 Å². The second-order valence-corrected chi connectivity index (χ2v) is 25.1. The molecule has 0 bridgehead atoms. The maximum absolute atomic E-state index is 2.62. The summed E-state index contributed by atoms with van der Waals surface area (Å²) in [5.41, 5.74) is 20.7. The molecule has 0 N–H and O–H groups in total. The molecule has 0 atom stereocenters. The van der Waals surface area contributed by atoms with Crippen LogP contribution in [0.15, 0.2) is 97.1 Å². The first-order valence-corrected chi connectivity index (χ1v) is 23.9. The van der Waals surface area contributed by atoms with Gasteiger partial charge in [-0.15, -0.1) is 0 Å². The highest BCUT2D eigenvalue weighted by molar-refractivity contribution is 6.13. The Labute approximate surface area is 386 Å². The molecule has 0 fully saturated rings. The van der Waals surface area contributed by atoms with Crippen molar-refractivity contribution in [3.63, 3.8) is 0 Å². The zero-order chi connectivity index (χ0) is 47.0. The normalized spacial score (nSPS) is 13.6. The highest BCUT2D eigenvalue weighted by atomic mass is 15.0. The molecule has 2 heteroatoms. The van der Waals surface area contributed by atoms with Crippen LogP contribution in [0.2, 0.25) is 0 Å². The Morgan fingerprint density at radius 1 is 0.359 bits per heavy atom. The second kappa shape index (κ2) is 14.7. The lowest BCUT2D eigenvalue weighted by Crippen LogP contribution is -2.25. The maximum Gasteiger partial charge on any atom is 0.0570 e. The van der Waals surface area contributed by atoms with Gasteiger partial charge in [0.1, 0.15) is 0 Å². The lowest BCUT2D eigenvalue weighted by Gasteiger charge is -2.34. The number of aromatic nitrogens is 2. The van der Waals surface area contributed by atoms with Crippen molar-refractivity contribution in [2.45, 2.75) is 171 Å². The van der Waals surface area contributed by atoms with Crippen LogP contribution >= 0.6 is 0 Å². The molecule has 0 aliphatic rings. The maximum atomic E-state index is 2.62. The standard InChI is InChI=1S/C62H76N2/c1-37-21-28-52-54(48-33-42(59(10,11)12)25-30-51(48)63(52)45-26-22-40(23-27-45)57(4,5)6)55(37)62(19,20)49-35-44(61(16,17)18)36-53(39(49)3)64-50-29-24-41(58(7,8)9)32-46(50)47-34-43(60(13,14)15)31-38(2)56(47)64/h21-36H,1-20H3. The summed E-state index contributed by atoms with van der Waals surface area (Å²) in [6.07, 6.45) is 0. The molecule has 0 saturated carbocycles. The summed E-state index contributed by atoms with van der Waals surface area (Å²) in [4.78, 5) is 0. The van der Waals surface area contributed by atoms with E-state index in [2.05, 4.69) is 245 Å². The third-order valence-corrected chi connectivity index (χ3v) is 14.6. The van der Waals surface area contributed by atoms with Gasteiger partial charge in [0.2, 0.25) is 0 Å². The van der Waals surface area contributed by atoms with Crippen LogP contribution in [0, 0.1) is 20.8 Å². The van der Waals surface area contributed by atoms with Gasteiger partial charge in [0, 0.05) is 38.3 Å². The predicted molar refractivity (Wildman–Crippen MR) is 281 cm³/mol. The van der Waals surface area contributed by atoms with Crippen molar-refractivity contribution >= 4 is 43.6 Å². The van der Waals surface area contributed by atoms with E-state index in [9.17, 15) is 0 Å². The fraction of sp³-hybridized carbons (Fsp3) is 0.419. The van der Waals surface area contributed by atoms with Gasteiger partial charge >= 0.3 is 0 Å². The highest BCUT2D eigenvalue weighted by Gasteiger charge is 2.35. The number of rotatable bonds is 4. The highest BCUT2D eigenvalue weighted by Crippen LogP contribution is 2.48. The summed E-state index contributed by atoms with van der Waals surface area (Å²) in [6, 6.07) is 38.5. The monoisotopic (exact) mass is 849 g/mol. The van der Waals surface area contributed by atoms with Crippen LogP contribution in [0.3, 0.4) is 0 Å². The van der Waals surface area contributed by atoms with E-state index >= 15 is 0 Å². The Bertz CT molecular complexity index is 3140. The second-order valence-electron chi connectivity index (χ2n) is 25.1. The largest absolute Gasteiger partial charge is 0.309 e. The molecular weight excluding hydrogens is 773 g/mol. The summed E-state index contributed by atoms with van der Waals surface area (Å²) < 4.78 is 5.14. The fourth-order valence-electron chi connectivity index (χ4n) is 10.5. The van der Waals surface area contributed by atoms with Crippen molar-refractivity contribution in [3.05, 3.63) is 153 Å². The van der Waals surface area contributed by atoms with Gasteiger partial charge < -0.3 is 9.13 Å². The van der Waals surface area contributed by atoms with Crippen LogP contribution < -0.4 is 0 Å². The Morgan fingerprint density at radius 3 is 1.34 bits per heavy atom. The lowest BCUT2D eigenvalue weighted by atomic mass is 9.71. The minimum absolute atomic E-state index is 0.00470. The fourth-order valence-corrected chi connectivity index (χ4v) is 10.5. The Morgan fingerprint density at radius 2 is 0.812 bits per heavy atom. The molecule has 0 amide bonds. The number of hydrogen-bond donors (Lipinski definition) is 0. The van der Waals surface area contributed by atoms with Crippen molar-refractivity contribution in [1.29, 1.82) is 0 Å². The van der Waals surface area contributed by atoms with Crippen LogP contribution in [-0.2, 0) is 32.5 Å². The predicted octanol–water partition coefficient (Wildman–Crippen LogP) is 17.6. The molecule has 8 aromatic rings. The van der Waals surface area contributed by atoms with E-state index < -0.39 is 0 Å². The van der Waals surface area contributed by atoms with Crippen LogP contribution in [0.5, 0.6) is 0 Å². The zero-order valence-electron chi connectivity index (χ0n) is 43.1. The minimum Gasteiger partial charge on any atom is -0.309 e. The molecule has 0 spiro atoms. The lowest BCUT2D eigenvalue weighted by molar-refractivity contribution is 0.580. The van der Waals surface area contributed by atoms with Crippen LogP contribution in [0.4, 0.5) is 0 Å². The number of hydrogen-bond acceptors (Lipinski definition) is 0. The van der Waals surface area contributed by atoms with Gasteiger partial charge in [0.25, 0.3) is 0 Å². The van der Waals surface area contributed by atoms with E-state index in [0.717, 1.165) is 0 Å². The molecule has 8 rings (SSSR count). The Kier molecular flexibility index (Phi) is 10.5. The molecular formula is C62H76N2. The minimum atomic E-state index is -0.372. The van der Waals surface area contributed by atoms with Crippen LogP contribution in [0.1, 0.15) is 173 Å². The first-order valence-electron chi connectivity index (χ1n) is 23.9. The van der Waals surface area contributed by atoms with Crippen molar-refractivity contribution < 1.29 is 0 Å². The number of fused-ring (bicyclic) bond motifs is 6. The first-order chi connectivity index (χ1) is 29.4. The summed E-state index contributed by atoms with van der Waals surface area (Å²) in [7, 11) is 0. The molecule has 2 heterocycles. The van der Waals surface area contributed by atoms with Gasteiger partial charge in [0.05, 0.1) is 22.1 Å². The summed E-state index contributed by atoms with van der Waals surface area (Å²) in [6.45, 7) is 47.1. The quantitative estimate of drug-likeness (QED) is 0.167. The first kappa shape index (κ1) is 45.5. The molecule has 64 heavy (non-hydrogen) atoms.